The lowest BCUT2D eigenvalue weighted by Gasteiger charge is -2.44. The van der Waals surface area contributed by atoms with Gasteiger partial charge in [0.05, 0.1) is 26.4 Å². The normalized spacial score (nSPS) is 25.4. The fourth-order valence-electron chi connectivity index (χ4n) is 1.97. The van der Waals surface area contributed by atoms with Crippen LogP contribution in [-0.4, -0.2) is 77.3 Å². The lowest BCUT2D eigenvalue weighted by molar-refractivity contribution is -0.180. The number of nitrogens with zero attached hydrogens (tertiary/aromatic N) is 3. The van der Waals surface area contributed by atoms with Crippen LogP contribution in [0.25, 0.3) is 0 Å². The van der Waals surface area contributed by atoms with Crippen LogP contribution in [0.15, 0.2) is 0 Å². The van der Waals surface area contributed by atoms with E-state index in [1.807, 2.05) is 0 Å². The fourth-order valence-corrected chi connectivity index (χ4v) is 2.99. The predicted molar refractivity (Wildman–Crippen MR) is 58.7 cm³/mol. The van der Waals surface area contributed by atoms with Gasteiger partial charge in [-0.1, -0.05) is 4.89 Å². The molecule has 8 nitrogen and oxygen atoms in total. The van der Waals surface area contributed by atoms with Gasteiger partial charge in [-0.05, 0) is 0 Å². The molecule has 0 bridgehead atoms. The van der Waals surface area contributed by atoms with E-state index in [2.05, 4.69) is 0 Å². The van der Waals surface area contributed by atoms with E-state index in [0.29, 0.717) is 52.6 Å². The third-order valence-electron chi connectivity index (χ3n) is 2.71. The summed E-state index contributed by atoms with van der Waals surface area (Å²) in [5.41, 5.74) is 0. The summed E-state index contributed by atoms with van der Waals surface area (Å²) in [6.07, 6.45) is 0. The standard InChI is InChI=1S/C8H18N3O5P/c12-17(13,14)11(9-1-5-15-6-2-9)10-3-7-16-8-4-10/h1-8H2,(H2,12,13,14). The van der Waals surface area contributed by atoms with Crippen LogP contribution >= 0.6 is 7.75 Å². The summed E-state index contributed by atoms with van der Waals surface area (Å²) in [5, 5.41) is 3.30. The number of rotatable bonds is 3. The molecule has 17 heavy (non-hydrogen) atoms. The summed E-state index contributed by atoms with van der Waals surface area (Å²) in [6, 6.07) is 0. The molecule has 2 rings (SSSR count). The van der Waals surface area contributed by atoms with Gasteiger partial charge >= 0.3 is 7.75 Å². The first-order valence-electron chi connectivity index (χ1n) is 5.60. The second-order valence-corrected chi connectivity index (χ2v) is 5.30. The quantitative estimate of drug-likeness (QED) is 0.622. The summed E-state index contributed by atoms with van der Waals surface area (Å²) < 4.78 is 22.0. The van der Waals surface area contributed by atoms with Crippen LogP contribution in [0.3, 0.4) is 0 Å². The van der Waals surface area contributed by atoms with Crippen LogP contribution in [0.4, 0.5) is 0 Å². The minimum absolute atomic E-state index is 0.487. The smallest absolute Gasteiger partial charge is 0.379 e. The Hall–Kier alpha value is -0.0500. The Labute approximate surface area is 99.8 Å². The first-order valence-corrected chi connectivity index (χ1v) is 7.17. The van der Waals surface area contributed by atoms with Gasteiger partial charge in [-0.3, -0.25) is 0 Å². The van der Waals surface area contributed by atoms with E-state index in [0.717, 1.165) is 4.89 Å². The van der Waals surface area contributed by atoms with Crippen molar-refractivity contribution in [3.63, 3.8) is 0 Å². The molecule has 100 valence electrons. The maximum Gasteiger partial charge on any atom is 0.430 e. The van der Waals surface area contributed by atoms with E-state index in [9.17, 15) is 14.4 Å². The van der Waals surface area contributed by atoms with Gasteiger partial charge in [0.25, 0.3) is 0 Å². The van der Waals surface area contributed by atoms with Crippen LogP contribution in [0, 0.1) is 0 Å². The number of morpholine rings is 2. The zero-order chi connectivity index (χ0) is 12.3. The Balaban J connectivity index is 2.09. The molecule has 0 unspecified atom stereocenters. The van der Waals surface area contributed by atoms with Gasteiger partial charge in [-0.2, -0.15) is 0 Å². The summed E-state index contributed by atoms with van der Waals surface area (Å²) in [5.74, 6) is 0. The predicted octanol–water partition coefficient (Wildman–Crippen LogP) is -1.12. The molecule has 0 saturated carbocycles. The third kappa shape index (κ3) is 3.46. The monoisotopic (exact) mass is 267 g/mol. The second-order valence-electron chi connectivity index (χ2n) is 3.91. The van der Waals surface area contributed by atoms with Gasteiger partial charge in [0, 0.05) is 26.2 Å². The van der Waals surface area contributed by atoms with Crippen molar-refractivity contribution >= 4 is 7.75 Å². The Morgan fingerprint density at radius 3 is 1.53 bits per heavy atom. The molecule has 0 atom stereocenters. The first-order chi connectivity index (χ1) is 8.09. The molecule has 9 heteroatoms. The van der Waals surface area contributed by atoms with Crippen molar-refractivity contribution in [1.29, 1.82) is 0 Å². The summed E-state index contributed by atoms with van der Waals surface area (Å²) >= 11 is 0. The third-order valence-corrected chi connectivity index (χ3v) is 3.69. The summed E-state index contributed by atoms with van der Waals surface area (Å²) in [7, 11) is -4.34. The molecule has 0 aromatic heterocycles. The molecule has 2 fully saturated rings. The lowest BCUT2D eigenvalue weighted by atomic mass is 10.5. The molecule has 0 spiro atoms. The van der Waals surface area contributed by atoms with Gasteiger partial charge in [0.2, 0.25) is 0 Å². The SMILES string of the molecule is O=P(O)(O)N(N1CCOCC1)N1CCOCC1. The average Bonchev–Trinajstić information content (AvgIpc) is 2.30. The van der Waals surface area contributed by atoms with Crippen LogP contribution in [0.2, 0.25) is 0 Å². The number of ether oxygens (including phenoxy) is 2. The molecule has 0 aliphatic carbocycles. The largest absolute Gasteiger partial charge is 0.430 e. The zero-order valence-corrected chi connectivity index (χ0v) is 10.5. The van der Waals surface area contributed by atoms with E-state index in [4.69, 9.17) is 9.47 Å². The molecule has 0 aromatic rings. The minimum Gasteiger partial charge on any atom is -0.379 e. The van der Waals surface area contributed by atoms with E-state index < -0.39 is 7.75 Å². The Kier molecular flexibility index (Phi) is 4.51. The van der Waals surface area contributed by atoms with Crippen molar-refractivity contribution in [2.24, 2.45) is 0 Å². The lowest BCUT2D eigenvalue weighted by Crippen LogP contribution is -2.57. The van der Waals surface area contributed by atoms with Crippen molar-refractivity contribution in [3.8, 4) is 0 Å². The van der Waals surface area contributed by atoms with Crippen LogP contribution in [-0.2, 0) is 14.0 Å². The molecule has 2 aliphatic rings. The Morgan fingerprint density at radius 1 is 0.882 bits per heavy atom. The number of hydrazine groups is 2. The van der Waals surface area contributed by atoms with Crippen LogP contribution in [0.5, 0.6) is 0 Å². The summed E-state index contributed by atoms with van der Waals surface area (Å²) in [6.45, 7) is 3.90. The zero-order valence-electron chi connectivity index (χ0n) is 9.56. The van der Waals surface area contributed by atoms with E-state index >= 15 is 0 Å². The summed E-state index contributed by atoms with van der Waals surface area (Å²) in [4.78, 5) is 20.0. The van der Waals surface area contributed by atoms with Crippen molar-refractivity contribution < 1.29 is 23.8 Å². The van der Waals surface area contributed by atoms with E-state index in [1.165, 1.54) is 0 Å². The highest BCUT2D eigenvalue weighted by Gasteiger charge is 2.37. The Morgan fingerprint density at radius 2 is 1.24 bits per heavy atom. The molecule has 0 radical (unpaired) electrons. The molecule has 2 aliphatic heterocycles. The highest BCUT2D eigenvalue weighted by molar-refractivity contribution is 7.48. The fraction of sp³-hybridized carbons (Fsp3) is 1.00. The van der Waals surface area contributed by atoms with Crippen LogP contribution in [0.1, 0.15) is 0 Å². The highest BCUT2D eigenvalue weighted by atomic mass is 31.2. The van der Waals surface area contributed by atoms with Gasteiger partial charge in [0.15, 0.2) is 0 Å². The van der Waals surface area contributed by atoms with Gasteiger partial charge in [-0.15, -0.1) is 0 Å². The van der Waals surface area contributed by atoms with Crippen molar-refractivity contribution in [1.82, 2.24) is 14.9 Å². The van der Waals surface area contributed by atoms with Gasteiger partial charge in [-0.25, -0.2) is 14.6 Å². The van der Waals surface area contributed by atoms with Gasteiger partial charge < -0.3 is 19.3 Å². The average molecular weight is 267 g/mol. The van der Waals surface area contributed by atoms with Gasteiger partial charge in [0.1, 0.15) is 0 Å². The molecular weight excluding hydrogens is 249 g/mol. The number of hydrogen-bond acceptors (Lipinski definition) is 5. The molecular formula is C8H18N3O5P. The number of hydrogen-bond donors (Lipinski definition) is 2. The maximum absolute atomic E-state index is 11.6. The van der Waals surface area contributed by atoms with Crippen molar-refractivity contribution in [2.45, 2.75) is 0 Å². The van der Waals surface area contributed by atoms with Crippen LogP contribution < -0.4 is 0 Å². The Bertz CT molecular complexity index is 269. The van der Waals surface area contributed by atoms with E-state index in [1.54, 1.807) is 10.0 Å². The highest BCUT2D eigenvalue weighted by Crippen LogP contribution is 2.43. The molecule has 0 aromatic carbocycles. The van der Waals surface area contributed by atoms with Crippen molar-refractivity contribution in [3.05, 3.63) is 0 Å². The molecule has 0 amide bonds. The second kappa shape index (κ2) is 5.73. The maximum atomic E-state index is 11.6. The topological polar surface area (TPSA) is 85.7 Å². The molecule has 2 heterocycles. The molecule has 2 saturated heterocycles. The molecule has 2 N–H and O–H groups in total. The minimum atomic E-state index is -4.34. The first kappa shape index (κ1) is 13.4. The van der Waals surface area contributed by atoms with Crippen molar-refractivity contribution in [2.75, 3.05) is 52.6 Å². The van der Waals surface area contributed by atoms with E-state index in [-0.39, 0.29) is 0 Å².